The zero-order valence-electron chi connectivity index (χ0n) is 11.2. The number of hydrogen-bond donors (Lipinski definition) is 3. The van der Waals surface area contributed by atoms with Crippen LogP contribution in [-0.2, 0) is 11.2 Å². The molecule has 2 rings (SSSR count). The first-order chi connectivity index (χ1) is 10.1. The highest BCUT2D eigenvalue weighted by Crippen LogP contribution is 2.08. The number of carboxylic acids is 1. The molecule has 0 radical (unpaired) electrons. The standard InChI is InChI=1S/C15H15N3O3/c16-11-7-4-8-17-13(11)14(19)18-12(15(20)21)9-10-5-2-1-3-6-10/h1-8,12H,9,16H2,(H,18,19)(H,20,21)/t12-/m0/s1. The van der Waals surface area contributed by atoms with Gasteiger partial charge in [-0.15, -0.1) is 0 Å². The Kier molecular flexibility index (Phi) is 4.50. The maximum absolute atomic E-state index is 12.1. The number of carbonyl (C=O) groups excluding carboxylic acids is 1. The van der Waals surface area contributed by atoms with Crippen molar-refractivity contribution in [2.75, 3.05) is 5.73 Å². The number of amides is 1. The number of carboxylic acid groups (broad SMARTS) is 1. The highest BCUT2D eigenvalue weighted by Gasteiger charge is 2.22. The lowest BCUT2D eigenvalue weighted by Crippen LogP contribution is -2.42. The van der Waals surface area contributed by atoms with E-state index in [2.05, 4.69) is 10.3 Å². The molecule has 1 heterocycles. The second kappa shape index (κ2) is 6.51. The maximum atomic E-state index is 12.1. The molecule has 0 saturated heterocycles. The number of carbonyl (C=O) groups is 2. The molecule has 6 nitrogen and oxygen atoms in total. The molecule has 21 heavy (non-hydrogen) atoms. The van der Waals surface area contributed by atoms with Crippen LogP contribution in [0.1, 0.15) is 16.1 Å². The highest BCUT2D eigenvalue weighted by atomic mass is 16.4. The van der Waals surface area contributed by atoms with Crippen molar-refractivity contribution in [2.45, 2.75) is 12.5 Å². The molecule has 0 spiro atoms. The molecule has 6 heteroatoms. The molecule has 0 aliphatic rings. The van der Waals surface area contributed by atoms with Gasteiger partial charge in [-0.25, -0.2) is 9.78 Å². The van der Waals surface area contributed by atoms with Crippen LogP contribution < -0.4 is 11.1 Å². The molecule has 1 atom stereocenters. The van der Waals surface area contributed by atoms with Gasteiger partial charge in [0.1, 0.15) is 6.04 Å². The number of rotatable bonds is 5. The minimum atomic E-state index is -1.11. The normalized spacial score (nSPS) is 11.6. The van der Waals surface area contributed by atoms with E-state index in [4.69, 9.17) is 5.73 Å². The maximum Gasteiger partial charge on any atom is 0.326 e. The zero-order valence-corrected chi connectivity index (χ0v) is 11.2. The number of benzene rings is 1. The second-order valence-corrected chi connectivity index (χ2v) is 4.50. The van der Waals surface area contributed by atoms with Crippen molar-refractivity contribution >= 4 is 17.6 Å². The van der Waals surface area contributed by atoms with Gasteiger partial charge in [-0.05, 0) is 17.7 Å². The Balaban J connectivity index is 2.12. The summed E-state index contributed by atoms with van der Waals surface area (Å²) in [5, 5.41) is 11.7. The van der Waals surface area contributed by atoms with Crippen molar-refractivity contribution in [3.8, 4) is 0 Å². The van der Waals surface area contributed by atoms with Gasteiger partial charge in [0.2, 0.25) is 0 Å². The summed E-state index contributed by atoms with van der Waals surface area (Å²) in [5.74, 6) is -1.71. The van der Waals surface area contributed by atoms with Gasteiger partial charge in [-0.3, -0.25) is 4.79 Å². The third-order valence-electron chi connectivity index (χ3n) is 2.94. The Labute approximate surface area is 121 Å². The van der Waals surface area contributed by atoms with Crippen LogP contribution in [0.3, 0.4) is 0 Å². The predicted octanol–water partition coefficient (Wildman–Crippen LogP) is 1.09. The Morgan fingerprint density at radius 1 is 1.19 bits per heavy atom. The Morgan fingerprint density at radius 2 is 1.90 bits per heavy atom. The average Bonchev–Trinajstić information content (AvgIpc) is 2.48. The van der Waals surface area contributed by atoms with Gasteiger partial charge < -0.3 is 16.2 Å². The summed E-state index contributed by atoms with van der Waals surface area (Å²) in [7, 11) is 0. The van der Waals surface area contributed by atoms with E-state index in [1.54, 1.807) is 18.2 Å². The molecule has 1 aromatic carbocycles. The molecule has 0 aliphatic heterocycles. The lowest BCUT2D eigenvalue weighted by molar-refractivity contribution is -0.139. The quantitative estimate of drug-likeness (QED) is 0.762. The predicted molar refractivity (Wildman–Crippen MR) is 77.7 cm³/mol. The molecular formula is C15H15N3O3. The molecule has 0 fully saturated rings. The molecule has 0 saturated carbocycles. The summed E-state index contributed by atoms with van der Waals surface area (Å²) in [6, 6.07) is 11.2. The van der Waals surface area contributed by atoms with Crippen LogP contribution in [0.15, 0.2) is 48.7 Å². The monoisotopic (exact) mass is 285 g/mol. The molecule has 108 valence electrons. The van der Waals surface area contributed by atoms with Gasteiger partial charge in [-0.1, -0.05) is 30.3 Å². The third-order valence-corrected chi connectivity index (χ3v) is 2.94. The van der Waals surface area contributed by atoms with Crippen molar-refractivity contribution in [1.82, 2.24) is 10.3 Å². The van der Waals surface area contributed by atoms with Crippen molar-refractivity contribution in [2.24, 2.45) is 0 Å². The van der Waals surface area contributed by atoms with E-state index >= 15 is 0 Å². The van der Waals surface area contributed by atoms with Gasteiger partial charge >= 0.3 is 5.97 Å². The zero-order chi connectivity index (χ0) is 15.2. The van der Waals surface area contributed by atoms with Gasteiger partial charge in [0.05, 0.1) is 5.69 Å². The van der Waals surface area contributed by atoms with Crippen LogP contribution in [0.25, 0.3) is 0 Å². The molecule has 2 aromatic rings. The summed E-state index contributed by atoms with van der Waals surface area (Å²) in [4.78, 5) is 27.2. The average molecular weight is 285 g/mol. The lowest BCUT2D eigenvalue weighted by Gasteiger charge is -2.15. The van der Waals surface area contributed by atoms with E-state index in [-0.39, 0.29) is 17.8 Å². The Bertz CT molecular complexity index is 644. The van der Waals surface area contributed by atoms with E-state index in [9.17, 15) is 14.7 Å². The summed E-state index contributed by atoms with van der Waals surface area (Å²) in [6.45, 7) is 0. The molecule has 0 bridgehead atoms. The van der Waals surface area contributed by atoms with Gasteiger partial charge in [0.25, 0.3) is 5.91 Å². The van der Waals surface area contributed by atoms with Crippen molar-refractivity contribution < 1.29 is 14.7 Å². The molecule has 1 aromatic heterocycles. The number of aromatic nitrogens is 1. The number of nitrogen functional groups attached to an aromatic ring is 1. The number of pyridine rings is 1. The molecular weight excluding hydrogens is 270 g/mol. The SMILES string of the molecule is Nc1cccnc1C(=O)N[C@@H](Cc1ccccc1)C(=O)O. The van der Waals surface area contributed by atoms with Crippen LogP contribution in [0.5, 0.6) is 0 Å². The smallest absolute Gasteiger partial charge is 0.326 e. The van der Waals surface area contributed by atoms with Crippen molar-refractivity contribution in [3.63, 3.8) is 0 Å². The molecule has 0 aliphatic carbocycles. The largest absolute Gasteiger partial charge is 0.480 e. The fourth-order valence-electron chi connectivity index (χ4n) is 1.88. The molecule has 4 N–H and O–H groups in total. The fourth-order valence-corrected chi connectivity index (χ4v) is 1.88. The van der Waals surface area contributed by atoms with E-state index in [1.165, 1.54) is 12.3 Å². The van der Waals surface area contributed by atoms with Crippen molar-refractivity contribution in [3.05, 3.63) is 59.9 Å². The first kappa shape index (κ1) is 14.5. The summed E-state index contributed by atoms with van der Waals surface area (Å²) in [5.41, 5.74) is 6.71. The Hall–Kier alpha value is -2.89. The fraction of sp³-hybridized carbons (Fsp3) is 0.133. The molecule has 0 unspecified atom stereocenters. The summed E-state index contributed by atoms with van der Waals surface area (Å²) < 4.78 is 0. The Morgan fingerprint density at radius 3 is 2.52 bits per heavy atom. The van der Waals surface area contributed by atoms with Gasteiger partial charge in [0.15, 0.2) is 5.69 Å². The van der Waals surface area contributed by atoms with Crippen molar-refractivity contribution in [1.29, 1.82) is 0 Å². The number of nitrogens with two attached hydrogens (primary N) is 1. The van der Waals surface area contributed by atoms with Crippen LogP contribution in [-0.4, -0.2) is 28.0 Å². The van der Waals surface area contributed by atoms with E-state index in [1.807, 2.05) is 18.2 Å². The van der Waals surface area contributed by atoms with E-state index in [0.29, 0.717) is 0 Å². The van der Waals surface area contributed by atoms with Crippen LogP contribution in [0, 0.1) is 0 Å². The van der Waals surface area contributed by atoms with Crippen LogP contribution in [0.2, 0.25) is 0 Å². The van der Waals surface area contributed by atoms with E-state index < -0.39 is 17.9 Å². The minimum absolute atomic E-state index is 0.0248. The van der Waals surface area contributed by atoms with E-state index in [0.717, 1.165) is 5.56 Å². The summed E-state index contributed by atoms with van der Waals surface area (Å²) >= 11 is 0. The number of anilines is 1. The topological polar surface area (TPSA) is 105 Å². The third kappa shape index (κ3) is 3.79. The number of hydrogen-bond acceptors (Lipinski definition) is 4. The number of nitrogens with one attached hydrogen (secondary N) is 1. The minimum Gasteiger partial charge on any atom is -0.480 e. The van der Waals surface area contributed by atoms with Gasteiger partial charge in [-0.2, -0.15) is 0 Å². The highest BCUT2D eigenvalue weighted by molar-refractivity contribution is 5.99. The first-order valence-electron chi connectivity index (χ1n) is 6.36. The summed E-state index contributed by atoms with van der Waals surface area (Å²) in [6.07, 6.45) is 1.62. The lowest BCUT2D eigenvalue weighted by atomic mass is 10.1. The van der Waals surface area contributed by atoms with Crippen LogP contribution in [0.4, 0.5) is 5.69 Å². The number of aliphatic carboxylic acids is 1. The number of nitrogens with zero attached hydrogens (tertiary/aromatic N) is 1. The van der Waals surface area contributed by atoms with Crippen LogP contribution >= 0.6 is 0 Å². The second-order valence-electron chi connectivity index (χ2n) is 4.50. The molecule has 1 amide bonds. The van der Waals surface area contributed by atoms with Gasteiger partial charge in [0, 0.05) is 12.6 Å². The first-order valence-corrected chi connectivity index (χ1v) is 6.36.